The van der Waals surface area contributed by atoms with E-state index in [0.717, 1.165) is 0 Å². The van der Waals surface area contributed by atoms with Crippen molar-refractivity contribution in [3.05, 3.63) is 53.8 Å². The molecule has 0 heterocycles. The zero-order valence-electron chi connectivity index (χ0n) is 15.8. The lowest BCUT2D eigenvalue weighted by molar-refractivity contribution is -0.138. The fourth-order valence-corrected chi connectivity index (χ4v) is 2.58. The van der Waals surface area contributed by atoms with Gasteiger partial charge in [0.15, 0.2) is 6.10 Å². The van der Waals surface area contributed by atoms with E-state index in [0.29, 0.717) is 22.8 Å². The van der Waals surface area contributed by atoms with Gasteiger partial charge < -0.3 is 24.6 Å². The molecule has 0 spiro atoms. The lowest BCUT2D eigenvalue weighted by Crippen LogP contribution is -2.39. The molecule has 8 heteroatoms. The van der Waals surface area contributed by atoms with Gasteiger partial charge in [-0.15, -0.1) is 0 Å². The van der Waals surface area contributed by atoms with Crippen molar-refractivity contribution in [1.82, 2.24) is 5.32 Å². The van der Waals surface area contributed by atoms with Crippen molar-refractivity contribution in [1.29, 1.82) is 0 Å². The van der Waals surface area contributed by atoms with Crippen LogP contribution in [0.1, 0.15) is 24.9 Å². The highest BCUT2D eigenvalue weighted by atomic mass is 19.1. The quantitative estimate of drug-likeness (QED) is 0.683. The highest BCUT2D eigenvalue weighted by Gasteiger charge is 2.25. The number of carbonyl (C=O) groups excluding carboxylic acids is 1. The molecular formula is C20H22FNO6. The van der Waals surface area contributed by atoms with Gasteiger partial charge in [-0.05, 0) is 43.3 Å². The number of carbonyl (C=O) groups is 2. The molecule has 150 valence electrons. The Hall–Kier alpha value is -3.29. The number of methoxy groups -OCH3 is 2. The summed E-state index contributed by atoms with van der Waals surface area (Å²) in [6.07, 6.45) is -1.27. The summed E-state index contributed by atoms with van der Waals surface area (Å²) >= 11 is 0. The summed E-state index contributed by atoms with van der Waals surface area (Å²) in [4.78, 5) is 23.8. The molecule has 2 aromatic carbocycles. The fraction of sp³-hybridized carbons (Fsp3) is 0.300. The first kappa shape index (κ1) is 21.0. The van der Waals surface area contributed by atoms with Gasteiger partial charge in [0.2, 0.25) is 0 Å². The minimum absolute atomic E-state index is 0.320. The highest BCUT2D eigenvalue weighted by Crippen LogP contribution is 2.31. The second kappa shape index (κ2) is 9.59. The van der Waals surface area contributed by atoms with Crippen LogP contribution in [-0.4, -0.2) is 37.3 Å². The lowest BCUT2D eigenvalue weighted by Gasteiger charge is -2.22. The first-order valence-corrected chi connectivity index (χ1v) is 8.50. The van der Waals surface area contributed by atoms with Crippen LogP contribution in [0.2, 0.25) is 0 Å². The zero-order valence-corrected chi connectivity index (χ0v) is 15.8. The van der Waals surface area contributed by atoms with Crippen LogP contribution in [0.15, 0.2) is 42.5 Å². The molecule has 1 amide bonds. The molecule has 0 saturated heterocycles. The van der Waals surface area contributed by atoms with Gasteiger partial charge in [0.25, 0.3) is 5.91 Å². The van der Waals surface area contributed by atoms with E-state index in [1.807, 2.05) is 0 Å². The van der Waals surface area contributed by atoms with Crippen LogP contribution < -0.4 is 19.5 Å². The number of amides is 1. The predicted octanol–water partition coefficient (Wildman–Crippen LogP) is 2.94. The Morgan fingerprint density at radius 3 is 2.29 bits per heavy atom. The van der Waals surface area contributed by atoms with Crippen molar-refractivity contribution in [2.75, 3.05) is 14.2 Å². The number of ether oxygens (including phenoxy) is 3. The first-order chi connectivity index (χ1) is 13.3. The maximum Gasteiger partial charge on any atom is 0.305 e. The van der Waals surface area contributed by atoms with Crippen LogP contribution in [0.5, 0.6) is 17.2 Å². The molecule has 2 atom stereocenters. The van der Waals surface area contributed by atoms with Crippen molar-refractivity contribution in [3.63, 3.8) is 0 Å². The number of hydrogen-bond acceptors (Lipinski definition) is 5. The second-order valence-corrected chi connectivity index (χ2v) is 5.98. The molecule has 0 bridgehead atoms. The molecule has 0 aliphatic carbocycles. The second-order valence-electron chi connectivity index (χ2n) is 5.98. The van der Waals surface area contributed by atoms with E-state index < -0.39 is 29.8 Å². The summed E-state index contributed by atoms with van der Waals surface area (Å²) in [6.45, 7) is 1.52. The standard InChI is InChI=1S/C20H22FNO6/c1-12(28-14-6-4-13(21)5-7-14)20(25)22-17(11-19(23)24)16-9-8-15(26-2)10-18(16)27-3/h4-10,12,17H,11H2,1-3H3,(H,22,25)(H,23,24). The molecule has 0 aromatic heterocycles. The Labute approximate surface area is 162 Å². The molecule has 2 unspecified atom stereocenters. The number of nitrogens with one attached hydrogen (secondary N) is 1. The highest BCUT2D eigenvalue weighted by molar-refractivity contribution is 5.82. The van der Waals surface area contributed by atoms with E-state index >= 15 is 0 Å². The maximum absolute atomic E-state index is 13.0. The van der Waals surface area contributed by atoms with Gasteiger partial charge in [0, 0.05) is 11.6 Å². The average molecular weight is 391 g/mol. The van der Waals surface area contributed by atoms with Crippen LogP contribution in [0.25, 0.3) is 0 Å². The van der Waals surface area contributed by atoms with Gasteiger partial charge in [-0.3, -0.25) is 9.59 Å². The Balaban J connectivity index is 2.18. The summed E-state index contributed by atoms with van der Waals surface area (Å²) in [5.74, 6) is -0.783. The third kappa shape index (κ3) is 5.60. The third-order valence-electron chi connectivity index (χ3n) is 4.01. The molecule has 0 aliphatic rings. The van der Waals surface area contributed by atoms with E-state index in [9.17, 15) is 19.1 Å². The monoisotopic (exact) mass is 391 g/mol. The number of aliphatic carboxylic acids is 1. The van der Waals surface area contributed by atoms with Gasteiger partial charge in [0.05, 0.1) is 26.7 Å². The van der Waals surface area contributed by atoms with Crippen LogP contribution in [-0.2, 0) is 9.59 Å². The fourth-order valence-electron chi connectivity index (χ4n) is 2.58. The van der Waals surface area contributed by atoms with Gasteiger partial charge in [0.1, 0.15) is 23.1 Å². The van der Waals surface area contributed by atoms with Gasteiger partial charge in [-0.1, -0.05) is 0 Å². The Morgan fingerprint density at radius 2 is 1.71 bits per heavy atom. The molecule has 2 rings (SSSR count). The Bertz CT molecular complexity index is 824. The molecule has 0 saturated carbocycles. The number of hydrogen-bond donors (Lipinski definition) is 2. The average Bonchev–Trinajstić information content (AvgIpc) is 2.68. The molecule has 2 aromatic rings. The molecule has 0 radical (unpaired) electrons. The van der Waals surface area contributed by atoms with E-state index in [1.54, 1.807) is 18.2 Å². The van der Waals surface area contributed by atoms with Gasteiger partial charge in [-0.2, -0.15) is 0 Å². The van der Waals surface area contributed by atoms with Crippen LogP contribution >= 0.6 is 0 Å². The minimum atomic E-state index is -1.09. The lowest BCUT2D eigenvalue weighted by atomic mass is 10.0. The summed E-state index contributed by atoms with van der Waals surface area (Å²) in [5.41, 5.74) is 0.494. The first-order valence-electron chi connectivity index (χ1n) is 8.50. The van der Waals surface area contributed by atoms with Gasteiger partial charge >= 0.3 is 5.97 Å². The van der Waals surface area contributed by atoms with Crippen LogP contribution in [0.3, 0.4) is 0 Å². The Kier molecular flexibility index (Phi) is 7.20. The molecular weight excluding hydrogens is 369 g/mol. The van der Waals surface area contributed by atoms with Crippen LogP contribution in [0, 0.1) is 5.82 Å². The largest absolute Gasteiger partial charge is 0.497 e. The van der Waals surface area contributed by atoms with Crippen molar-refractivity contribution in [2.24, 2.45) is 0 Å². The summed E-state index contributed by atoms with van der Waals surface area (Å²) in [5, 5.41) is 11.9. The van der Waals surface area contributed by atoms with E-state index in [-0.39, 0.29) is 6.42 Å². The SMILES string of the molecule is COc1ccc(C(CC(=O)O)NC(=O)C(C)Oc2ccc(F)cc2)c(OC)c1. The van der Waals surface area contributed by atoms with Crippen molar-refractivity contribution >= 4 is 11.9 Å². The topological polar surface area (TPSA) is 94.1 Å². The minimum Gasteiger partial charge on any atom is -0.497 e. The molecule has 0 fully saturated rings. The number of carboxylic acids is 1. The summed E-state index contributed by atoms with van der Waals surface area (Å²) < 4.78 is 28.9. The zero-order chi connectivity index (χ0) is 20.7. The molecule has 28 heavy (non-hydrogen) atoms. The van der Waals surface area contributed by atoms with Crippen molar-refractivity contribution in [2.45, 2.75) is 25.5 Å². The van der Waals surface area contributed by atoms with Crippen molar-refractivity contribution in [3.8, 4) is 17.2 Å². The maximum atomic E-state index is 13.0. The Morgan fingerprint density at radius 1 is 1.07 bits per heavy atom. The van der Waals surface area contributed by atoms with E-state index in [4.69, 9.17) is 14.2 Å². The smallest absolute Gasteiger partial charge is 0.305 e. The van der Waals surface area contributed by atoms with Gasteiger partial charge in [-0.25, -0.2) is 4.39 Å². The number of carboxylic acid groups (broad SMARTS) is 1. The normalized spacial score (nSPS) is 12.6. The summed E-state index contributed by atoms with van der Waals surface area (Å²) in [6, 6.07) is 9.29. The number of halogens is 1. The van der Waals surface area contributed by atoms with Crippen molar-refractivity contribution < 1.29 is 33.3 Å². The number of rotatable bonds is 9. The van der Waals surface area contributed by atoms with E-state index in [2.05, 4.69) is 5.32 Å². The molecule has 0 aliphatic heterocycles. The predicted molar refractivity (Wildman–Crippen MR) is 99.2 cm³/mol. The number of benzene rings is 2. The van der Waals surface area contributed by atoms with E-state index in [1.165, 1.54) is 45.4 Å². The third-order valence-corrected chi connectivity index (χ3v) is 4.01. The molecule has 7 nitrogen and oxygen atoms in total. The molecule has 2 N–H and O–H groups in total. The van der Waals surface area contributed by atoms with Crippen LogP contribution in [0.4, 0.5) is 4.39 Å². The summed E-state index contributed by atoms with van der Waals surface area (Å²) in [7, 11) is 2.94.